The van der Waals surface area contributed by atoms with Crippen molar-refractivity contribution in [3.05, 3.63) is 0 Å². The molecule has 0 saturated heterocycles. The second-order valence-corrected chi connectivity index (χ2v) is 5.47. The largest absolute Gasteiger partial charge is 0.107 e. The summed E-state index contributed by atoms with van der Waals surface area (Å²) in [4.78, 5) is 11.3. The number of rotatable bonds is 4. The maximum atomic E-state index is 11.3. The van der Waals surface area contributed by atoms with Crippen LogP contribution < -0.4 is 0 Å². The zero-order valence-corrected chi connectivity index (χ0v) is 13.6. The molecule has 0 aromatic rings. The second kappa shape index (κ2) is 7.43. The third kappa shape index (κ3) is 7.66. The van der Waals surface area contributed by atoms with E-state index in [0.29, 0.717) is 5.78 Å². The predicted octanol–water partition coefficient (Wildman–Crippen LogP) is 3.36. The van der Waals surface area contributed by atoms with E-state index < -0.39 is 0 Å². The maximum absolute atomic E-state index is 11.3. The van der Waals surface area contributed by atoms with Gasteiger partial charge >= 0.3 is 79.3 Å². The first-order valence-corrected chi connectivity index (χ1v) is 6.41. The average molecular weight is 335 g/mol. The van der Waals surface area contributed by atoms with E-state index in [1.165, 1.54) is 29.7 Å². The summed E-state index contributed by atoms with van der Waals surface area (Å²) in [5.74, 6) is 0.408. The first kappa shape index (κ1) is 15.5. The normalized spacial score (nSPS) is 10.8. The first-order chi connectivity index (χ1) is 4.98. The van der Waals surface area contributed by atoms with Crippen molar-refractivity contribution in [3.8, 4) is 0 Å². The van der Waals surface area contributed by atoms with Crippen molar-refractivity contribution in [1.29, 1.82) is 0 Å². The minimum Gasteiger partial charge on any atom is -0.107 e. The Bertz CT molecular complexity index is 129. The van der Waals surface area contributed by atoms with Crippen molar-refractivity contribution < 1.29 is 23.1 Å². The van der Waals surface area contributed by atoms with Crippen LogP contribution in [0.4, 0.5) is 0 Å². The summed E-state index contributed by atoms with van der Waals surface area (Å²) in [5, 5.41) is 1.32. The van der Waals surface area contributed by atoms with Crippen LogP contribution in [0.3, 0.4) is 0 Å². The van der Waals surface area contributed by atoms with Gasteiger partial charge in [0.2, 0.25) is 0 Å². The van der Waals surface area contributed by atoms with Gasteiger partial charge in [0, 0.05) is 0 Å². The van der Waals surface area contributed by atoms with Crippen LogP contribution in [0.1, 0.15) is 40.0 Å². The molecule has 0 amide bonds. The molecule has 0 saturated carbocycles. The van der Waals surface area contributed by atoms with Gasteiger partial charge in [-0.1, -0.05) is 0 Å². The van der Waals surface area contributed by atoms with Crippen LogP contribution in [0.2, 0.25) is 5.02 Å². The summed E-state index contributed by atoms with van der Waals surface area (Å²) in [6.45, 7) is 5.99. The van der Waals surface area contributed by atoms with E-state index in [4.69, 9.17) is 0 Å². The van der Waals surface area contributed by atoms with E-state index in [1.54, 1.807) is 0 Å². The van der Waals surface area contributed by atoms with Gasteiger partial charge in [0.05, 0.1) is 0 Å². The number of ketones is 1. The molecule has 0 radical (unpaired) electrons. The van der Waals surface area contributed by atoms with Gasteiger partial charge in [0.15, 0.2) is 0 Å². The Labute approximate surface area is 103 Å². The van der Waals surface area contributed by atoms with Gasteiger partial charge in [0.1, 0.15) is 0 Å². The quantitative estimate of drug-likeness (QED) is 0.438. The van der Waals surface area contributed by atoms with E-state index in [0.717, 1.165) is 12.8 Å². The van der Waals surface area contributed by atoms with Crippen LogP contribution in [0, 0.1) is 5.41 Å². The van der Waals surface area contributed by atoms with Crippen LogP contribution in [0.15, 0.2) is 0 Å². The van der Waals surface area contributed by atoms with E-state index in [9.17, 15) is 4.79 Å². The van der Waals surface area contributed by atoms with Crippen LogP contribution in [0.5, 0.6) is 0 Å². The molecule has 0 spiro atoms. The summed E-state index contributed by atoms with van der Waals surface area (Å²) in [6, 6.07) is 0. The molecule has 0 aromatic heterocycles. The summed E-state index contributed by atoms with van der Waals surface area (Å²) >= 11 is 1.36. The Morgan fingerprint density at radius 3 is 2.08 bits per heavy atom. The smallest absolute Gasteiger partial charge is 0.107 e. The van der Waals surface area contributed by atoms with Crippen LogP contribution in [-0.4, -0.2) is 5.78 Å². The Hall–Kier alpha value is 1.02. The molecule has 12 heavy (non-hydrogen) atoms. The summed E-state index contributed by atoms with van der Waals surface area (Å²) in [5.41, 5.74) is -0.121. The van der Waals surface area contributed by atoms with Crippen LogP contribution >= 0.6 is 24.0 Å². The topological polar surface area (TPSA) is 17.1 Å². The monoisotopic (exact) mass is 333 g/mol. The van der Waals surface area contributed by atoms with Crippen molar-refractivity contribution in [2.75, 3.05) is 0 Å². The van der Waals surface area contributed by atoms with Gasteiger partial charge < -0.3 is 0 Å². The molecule has 1 nitrogen and oxygen atoms in total. The first-order valence-electron chi connectivity index (χ1n) is 4.31. The van der Waals surface area contributed by atoms with E-state index in [2.05, 4.69) is 0 Å². The molecule has 0 unspecified atom stereocenters. The van der Waals surface area contributed by atoms with Crippen LogP contribution in [-0.2, 0) is 23.1 Å². The average Bonchev–Trinajstić information content (AvgIpc) is 1.86. The van der Waals surface area contributed by atoms with Gasteiger partial charge in [-0.05, 0) is 0 Å². The van der Waals surface area contributed by atoms with E-state index in [-0.39, 0.29) is 29.4 Å². The van der Waals surface area contributed by atoms with Crippen molar-refractivity contribution in [3.63, 3.8) is 0 Å². The number of halogens is 1. The van der Waals surface area contributed by atoms with Gasteiger partial charge in [-0.25, -0.2) is 0 Å². The number of hydrogen-bond acceptors (Lipinski definition) is 1. The SMILES string of the molecule is CC(C)(C)C(=O)CCC[CH2][Zn].I. The molecule has 0 rings (SSSR count). The van der Waals surface area contributed by atoms with Crippen molar-refractivity contribution in [1.82, 2.24) is 0 Å². The Kier molecular flexibility index (Phi) is 9.59. The van der Waals surface area contributed by atoms with Gasteiger partial charge in [-0.3, -0.25) is 0 Å². The third-order valence-electron chi connectivity index (χ3n) is 1.74. The molecule has 0 aliphatic rings. The van der Waals surface area contributed by atoms with Crippen molar-refractivity contribution >= 4 is 29.8 Å². The molecule has 0 aliphatic carbocycles. The number of hydrogen-bond donors (Lipinski definition) is 0. The molecular formula is C9H18IOZn. The molecule has 3 heteroatoms. The Morgan fingerprint density at radius 1 is 1.25 bits per heavy atom. The molecule has 0 N–H and O–H groups in total. The number of carbonyl (C=O) groups is 1. The fraction of sp³-hybridized carbons (Fsp3) is 0.889. The molecule has 0 fully saturated rings. The van der Waals surface area contributed by atoms with E-state index in [1.807, 2.05) is 20.8 Å². The number of carbonyl (C=O) groups excluding carboxylic acids is 1. The third-order valence-corrected chi connectivity index (χ3v) is 2.79. The standard InChI is InChI=1S/C9H17O.HI.Zn/c1-5-6-7-8(10)9(2,3)4;;/h1,5-7H2,2-4H3;1H;. The zero-order chi connectivity index (χ0) is 8.91. The zero-order valence-electron chi connectivity index (χ0n) is 8.35. The Balaban J connectivity index is 0. The summed E-state index contributed by atoms with van der Waals surface area (Å²) < 4.78 is 0. The minimum atomic E-state index is -0.121. The molecule has 0 bridgehead atoms. The molecule has 0 aromatic carbocycles. The number of Topliss-reactive ketones (excluding diaryl/α,β-unsaturated/α-hetero) is 1. The second-order valence-electron chi connectivity index (χ2n) is 3.98. The molecule has 0 heterocycles. The minimum absolute atomic E-state index is 0. The van der Waals surface area contributed by atoms with Gasteiger partial charge in [-0.2, -0.15) is 0 Å². The summed E-state index contributed by atoms with van der Waals surface area (Å²) in [7, 11) is 0. The fourth-order valence-electron chi connectivity index (χ4n) is 0.837. The summed E-state index contributed by atoms with van der Waals surface area (Å²) in [6.07, 6.45) is 3.11. The fourth-order valence-corrected chi connectivity index (χ4v) is 1.58. The van der Waals surface area contributed by atoms with E-state index >= 15 is 0 Å². The van der Waals surface area contributed by atoms with Crippen LogP contribution in [0.25, 0.3) is 0 Å². The van der Waals surface area contributed by atoms with Gasteiger partial charge in [-0.15, -0.1) is 24.0 Å². The van der Waals surface area contributed by atoms with Crippen molar-refractivity contribution in [2.24, 2.45) is 5.41 Å². The maximum Gasteiger partial charge on any atom is -0.107 e. The van der Waals surface area contributed by atoms with Gasteiger partial charge in [0.25, 0.3) is 0 Å². The predicted molar refractivity (Wildman–Crippen MR) is 58.5 cm³/mol. The Morgan fingerprint density at radius 2 is 1.75 bits per heavy atom. The molecule has 0 atom stereocenters. The molecule has 69 valence electrons. The molecule has 0 aliphatic heterocycles. The van der Waals surface area contributed by atoms with Crippen molar-refractivity contribution in [2.45, 2.75) is 45.0 Å². The number of unbranched alkanes of at least 4 members (excludes halogenated alkanes) is 1. The molecular weight excluding hydrogens is 316 g/mol.